The molecule has 2 heterocycles. The second-order valence-electron chi connectivity index (χ2n) is 12.4. The van der Waals surface area contributed by atoms with E-state index < -0.39 is 49.8 Å². The number of methoxy groups -OCH3 is 2. The molecule has 0 bridgehead atoms. The zero-order valence-corrected chi connectivity index (χ0v) is 29.8. The first-order valence-corrected chi connectivity index (χ1v) is 17.9. The Bertz CT molecular complexity index is 1710. The van der Waals surface area contributed by atoms with E-state index in [1.807, 2.05) is 85.5 Å². The average Bonchev–Trinajstić information content (AvgIpc) is 3.39. The fourth-order valence-corrected chi connectivity index (χ4v) is 8.58. The number of halogens is 1. The Labute approximate surface area is 287 Å². The third kappa shape index (κ3) is 7.66. The van der Waals surface area contributed by atoms with Gasteiger partial charge in [-0.15, -0.1) is 0 Å². The summed E-state index contributed by atoms with van der Waals surface area (Å²) in [6.07, 6.45) is -3.91. The van der Waals surface area contributed by atoms with Gasteiger partial charge in [0.05, 0.1) is 20.8 Å². The highest BCUT2D eigenvalue weighted by atomic mass is 31.2. The molecule has 0 radical (unpaired) electrons. The summed E-state index contributed by atoms with van der Waals surface area (Å²) in [5, 5.41) is 0. The molecule has 1 unspecified atom stereocenters. The van der Waals surface area contributed by atoms with Crippen LogP contribution in [0.3, 0.4) is 0 Å². The van der Waals surface area contributed by atoms with E-state index >= 15 is 4.39 Å². The summed E-state index contributed by atoms with van der Waals surface area (Å²) in [7, 11) is 1.93. The predicted molar refractivity (Wildman–Crippen MR) is 188 cm³/mol. The van der Waals surface area contributed by atoms with Crippen LogP contribution in [-0.2, 0) is 19.6 Å². The Morgan fingerprint density at radius 3 is 1.88 bits per heavy atom. The number of aromatic nitrogens is 2. The molecule has 5 atom stereocenters. The van der Waals surface area contributed by atoms with Crippen molar-refractivity contribution in [3.05, 3.63) is 129 Å². The molecule has 5 rings (SSSR count). The van der Waals surface area contributed by atoms with Crippen LogP contribution in [0.5, 0.6) is 11.5 Å². The summed E-state index contributed by atoms with van der Waals surface area (Å²) in [6.45, 7) is 10.1. The van der Waals surface area contributed by atoms with E-state index in [2.05, 4.69) is 37.3 Å². The van der Waals surface area contributed by atoms with Gasteiger partial charge in [0, 0.05) is 24.3 Å². The summed E-state index contributed by atoms with van der Waals surface area (Å²) >= 11 is 0. The van der Waals surface area contributed by atoms with Gasteiger partial charge in [-0.2, -0.15) is 0 Å². The van der Waals surface area contributed by atoms with Gasteiger partial charge in [0.25, 0.3) is 5.56 Å². The molecule has 1 saturated heterocycles. The lowest BCUT2D eigenvalue weighted by Gasteiger charge is -2.39. The summed E-state index contributed by atoms with van der Waals surface area (Å²) in [4.78, 5) is 26.9. The van der Waals surface area contributed by atoms with Gasteiger partial charge in [-0.05, 0) is 75.3 Å². The van der Waals surface area contributed by atoms with Crippen molar-refractivity contribution in [1.82, 2.24) is 14.2 Å². The molecule has 12 heteroatoms. The number of hydrogen-bond donors (Lipinski definition) is 1. The lowest BCUT2D eigenvalue weighted by molar-refractivity contribution is -0.0925. The Kier molecular flexibility index (Phi) is 11.7. The van der Waals surface area contributed by atoms with Crippen molar-refractivity contribution in [2.75, 3.05) is 27.5 Å². The molecule has 4 aromatic rings. The number of nitrogens with one attached hydrogen (secondary N) is 1. The van der Waals surface area contributed by atoms with Gasteiger partial charge >= 0.3 is 5.69 Å². The first-order chi connectivity index (χ1) is 23.5. The maximum Gasteiger partial charge on any atom is 0.330 e. The van der Waals surface area contributed by atoms with Gasteiger partial charge in [0.1, 0.15) is 37.6 Å². The van der Waals surface area contributed by atoms with Gasteiger partial charge in [-0.1, -0.05) is 54.6 Å². The van der Waals surface area contributed by atoms with Crippen LogP contribution in [0.4, 0.5) is 4.39 Å². The fraction of sp³-hybridized carbons (Fsp3) is 0.405. The SMILES string of the molecule is COc1ccc(C(OC[C@H]2O[C@@H](n3ccc(=O)[nH]c3=O)[C@H](F)[C@@H]2OP(C)N(C(C)C)C(C)C)(c2ccccc2)c2ccc(OC)cc2)cc1. The zero-order valence-electron chi connectivity index (χ0n) is 28.9. The van der Waals surface area contributed by atoms with Crippen LogP contribution in [0.25, 0.3) is 0 Å². The van der Waals surface area contributed by atoms with Crippen molar-refractivity contribution < 1.29 is 27.9 Å². The fourth-order valence-electron chi connectivity index (χ4n) is 6.56. The first kappa shape index (κ1) is 36.4. The number of H-pyrrole nitrogens is 1. The van der Waals surface area contributed by atoms with Gasteiger partial charge < -0.3 is 23.5 Å². The molecular formula is C37H45FN3O7P. The summed E-state index contributed by atoms with van der Waals surface area (Å²) in [6, 6.07) is 26.4. The quantitative estimate of drug-likeness (QED) is 0.122. The Balaban J connectivity index is 1.60. The maximum absolute atomic E-state index is 16.7. The topological polar surface area (TPSA) is 104 Å². The number of rotatable bonds is 14. The van der Waals surface area contributed by atoms with Crippen molar-refractivity contribution in [2.45, 2.75) is 70.0 Å². The van der Waals surface area contributed by atoms with Gasteiger partial charge in [-0.25, -0.2) is 9.18 Å². The summed E-state index contributed by atoms with van der Waals surface area (Å²) < 4.78 is 50.8. The highest BCUT2D eigenvalue weighted by Crippen LogP contribution is 2.48. The standard InChI is InChI=1S/C37H45FN3O7P/c1-24(2)41(25(3)4)49(7)48-34-31(47-35(33(34)38)40-22-21-32(42)39-36(40)43)23-46-37(26-11-9-8-10-12-26,27-13-17-29(44-5)18-14-27)28-15-19-30(45-6)20-16-28/h8-22,24-25,31,33-35H,23H2,1-7H3,(H,39,42,43)/t31-,33-,34-,35-,49?/m1/s1. The van der Waals surface area contributed by atoms with Gasteiger partial charge in [0.15, 0.2) is 12.4 Å². The van der Waals surface area contributed by atoms with E-state index in [9.17, 15) is 9.59 Å². The molecule has 0 aliphatic carbocycles. The van der Waals surface area contributed by atoms with Crippen LogP contribution in [0.1, 0.15) is 50.6 Å². The molecule has 1 fully saturated rings. The molecule has 49 heavy (non-hydrogen) atoms. The third-order valence-electron chi connectivity index (χ3n) is 8.69. The maximum atomic E-state index is 16.7. The number of ether oxygens (including phenoxy) is 4. The summed E-state index contributed by atoms with van der Waals surface area (Å²) in [5.41, 5.74) is -0.126. The number of hydrogen-bond acceptors (Lipinski definition) is 8. The molecule has 1 N–H and O–H groups in total. The predicted octanol–water partition coefficient (Wildman–Crippen LogP) is 6.24. The van der Waals surface area contributed by atoms with Crippen molar-refractivity contribution in [1.29, 1.82) is 0 Å². The average molecular weight is 694 g/mol. The number of nitrogens with zero attached hydrogens (tertiary/aromatic N) is 2. The number of benzene rings is 3. The van der Waals surface area contributed by atoms with Crippen LogP contribution in [0, 0.1) is 0 Å². The van der Waals surface area contributed by atoms with E-state index in [4.69, 9.17) is 23.5 Å². The smallest absolute Gasteiger partial charge is 0.330 e. The first-order valence-electron chi connectivity index (χ1n) is 16.3. The van der Waals surface area contributed by atoms with Crippen molar-refractivity contribution >= 4 is 8.30 Å². The lowest BCUT2D eigenvalue weighted by Crippen LogP contribution is -2.41. The minimum Gasteiger partial charge on any atom is -0.497 e. The molecule has 10 nitrogen and oxygen atoms in total. The van der Waals surface area contributed by atoms with Crippen molar-refractivity contribution in [3.63, 3.8) is 0 Å². The molecule has 0 amide bonds. The van der Waals surface area contributed by atoms with Crippen LogP contribution < -0.4 is 20.7 Å². The molecule has 1 aromatic heterocycles. The lowest BCUT2D eigenvalue weighted by atomic mass is 9.80. The molecular weight excluding hydrogens is 648 g/mol. The van der Waals surface area contributed by atoms with E-state index in [0.29, 0.717) is 11.5 Å². The van der Waals surface area contributed by atoms with E-state index in [1.165, 1.54) is 6.20 Å². The minimum atomic E-state index is -1.75. The third-order valence-corrected chi connectivity index (χ3v) is 10.8. The Hall–Kier alpha value is -3.86. The monoisotopic (exact) mass is 693 g/mol. The highest BCUT2D eigenvalue weighted by Gasteiger charge is 2.50. The minimum absolute atomic E-state index is 0.112. The molecule has 0 spiro atoms. The van der Waals surface area contributed by atoms with E-state index in [1.54, 1.807) is 14.2 Å². The zero-order chi connectivity index (χ0) is 35.3. The molecule has 0 saturated carbocycles. The second-order valence-corrected chi connectivity index (χ2v) is 14.0. The van der Waals surface area contributed by atoms with Crippen molar-refractivity contribution in [2.24, 2.45) is 0 Å². The summed E-state index contributed by atoms with van der Waals surface area (Å²) in [5.74, 6) is 1.36. The largest absolute Gasteiger partial charge is 0.497 e. The number of alkyl halides is 1. The van der Waals surface area contributed by atoms with Gasteiger partial charge in [0.2, 0.25) is 0 Å². The molecule has 262 valence electrons. The van der Waals surface area contributed by atoms with E-state index in [-0.39, 0.29) is 18.7 Å². The Morgan fingerprint density at radius 1 is 0.857 bits per heavy atom. The second kappa shape index (κ2) is 15.8. The van der Waals surface area contributed by atoms with Crippen molar-refractivity contribution in [3.8, 4) is 11.5 Å². The van der Waals surface area contributed by atoms with Crippen LogP contribution in [-0.4, -0.2) is 72.2 Å². The normalized spacial score (nSPS) is 20.2. The van der Waals surface area contributed by atoms with Crippen LogP contribution in [0.2, 0.25) is 0 Å². The molecule has 3 aromatic carbocycles. The molecule has 1 aliphatic heterocycles. The Morgan fingerprint density at radius 2 is 1.39 bits per heavy atom. The van der Waals surface area contributed by atoms with Crippen LogP contribution in [0.15, 0.2) is 101 Å². The highest BCUT2D eigenvalue weighted by molar-refractivity contribution is 7.49. The number of aromatic amines is 1. The van der Waals surface area contributed by atoms with Crippen LogP contribution >= 0.6 is 8.30 Å². The molecule has 1 aliphatic rings. The van der Waals surface area contributed by atoms with E-state index in [0.717, 1.165) is 27.3 Å². The van der Waals surface area contributed by atoms with Gasteiger partial charge in [-0.3, -0.25) is 19.0 Å².